The van der Waals surface area contributed by atoms with E-state index in [2.05, 4.69) is 20.9 Å². The summed E-state index contributed by atoms with van der Waals surface area (Å²) in [5.41, 5.74) is 8.45. The molecule has 1 saturated heterocycles. The number of nitrogens with zero attached hydrogens (tertiary/aromatic N) is 4. The number of primary amides is 1. The highest BCUT2D eigenvalue weighted by Crippen LogP contribution is 2.43. The van der Waals surface area contributed by atoms with Gasteiger partial charge in [-0.25, -0.2) is 9.78 Å². The highest BCUT2D eigenvalue weighted by atomic mass is 32.2. The lowest BCUT2D eigenvalue weighted by Gasteiger charge is -2.49. The van der Waals surface area contributed by atoms with Crippen molar-refractivity contribution in [3.63, 3.8) is 0 Å². The number of β-lactam (4-membered cyclic amide) rings is 1. The van der Waals surface area contributed by atoms with Crippen LogP contribution in [0.3, 0.4) is 0 Å². The molecule has 0 saturated carbocycles. The van der Waals surface area contributed by atoms with E-state index in [4.69, 9.17) is 29.6 Å². The Labute approximate surface area is 369 Å². The maximum Gasteiger partial charge on any atom is 0.355 e. The Balaban J connectivity index is 1.04. The molecule has 4 aromatic carbocycles. The van der Waals surface area contributed by atoms with E-state index in [-0.39, 0.29) is 40.9 Å². The monoisotopic (exact) mass is 881 g/mol. The number of allylic oxidation sites excluding steroid dienone is 1. The number of nitrogens with one attached hydrogen (secondary N) is 2. The molecule has 1 fully saturated rings. The van der Waals surface area contributed by atoms with Crippen molar-refractivity contribution in [2.45, 2.75) is 23.6 Å². The van der Waals surface area contributed by atoms with Crippen molar-refractivity contribution >= 4 is 63.7 Å². The third-order valence-corrected chi connectivity index (χ3v) is 12.4. The van der Waals surface area contributed by atoms with E-state index in [1.165, 1.54) is 47.3 Å². The molecule has 2 atom stereocenters. The van der Waals surface area contributed by atoms with Crippen LogP contribution in [0.25, 0.3) is 6.08 Å². The molecule has 2 aliphatic heterocycles. The van der Waals surface area contributed by atoms with Gasteiger partial charge in [-0.05, 0) is 46.0 Å². The highest BCUT2D eigenvalue weighted by molar-refractivity contribution is 8.00. The quantitative estimate of drug-likeness (QED) is 0.0332. The molecule has 318 valence electrons. The largest absolute Gasteiger partial charge is 0.497 e. The van der Waals surface area contributed by atoms with Gasteiger partial charge in [-0.2, -0.15) is 0 Å². The molecule has 0 aliphatic carbocycles. The van der Waals surface area contributed by atoms with Crippen LogP contribution in [-0.2, 0) is 36.1 Å². The normalized spacial score (nSPS) is 16.3. The van der Waals surface area contributed by atoms with Crippen LogP contribution in [0.2, 0.25) is 0 Å². The number of hydrogen-bond acceptors (Lipinski definition) is 14. The number of fused-ring (bicyclic) bond motifs is 1. The number of oxime groups is 1. The van der Waals surface area contributed by atoms with Crippen molar-refractivity contribution in [3.05, 3.63) is 183 Å². The Morgan fingerprint density at radius 3 is 2.11 bits per heavy atom. The van der Waals surface area contributed by atoms with Crippen LogP contribution in [0.15, 0.2) is 154 Å². The van der Waals surface area contributed by atoms with Crippen molar-refractivity contribution in [1.82, 2.24) is 20.4 Å². The summed E-state index contributed by atoms with van der Waals surface area (Å²) in [6, 6.07) is 37.4. The van der Waals surface area contributed by atoms with Crippen LogP contribution in [0.1, 0.15) is 44.2 Å². The molecule has 3 amide bonds. The van der Waals surface area contributed by atoms with Crippen LogP contribution in [0, 0.1) is 0 Å². The molecule has 4 N–H and O–H groups in total. The average molecular weight is 882 g/mol. The summed E-state index contributed by atoms with van der Waals surface area (Å²) in [7, 11) is 2.86. The Morgan fingerprint density at radius 2 is 1.54 bits per heavy atom. The summed E-state index contributed by atoms with van der Waals surface area (Å²) in [5.74, 6) is -1.70. The summed E-state index contributed by atoms with van der Waals surface area (Å²) >= 11 is 2.61. The van der Waals surface area contributed by atoms with Gasteiger partial charge in [-0.3, -0.25) is 19.3 Å². The first-order valence-electron chi connectivity index (χ1n) is 19.4. The van der Waals surface area contributed by atoms with Gasteiger partial charge in [0.1, 0.15) is 47.8 Å². The number of carbonyl (C=O) groups is 4. The number of aromatic nitrogens is 2. The first-order chi connectivity index (χ1) is 30.7. The molecule has 15 nitrogen and oxygen atoms in total. The first kappa shape index (κ1) is 42.2. The van der Waals surface area contributed by atoms with Gasteiger partial charge in [0.25, 0.3) is 17.7 Å². The lowest BCUT2D eigenvalue weighted by Crippen LogP contribution is -2.71. The van der Waals surface area contributed by atoms with Crippen LogP contribution in [0.5, 0.6) is 5.75 Å². The molecule has 0 unspecified atom stereocenters. The van der Waals surface area contributed by atoms with Gasteiger partial charge in [0, 0.05) is 17.2 Å². The van der Waals surface area contributed by atoms with Crippen molar-refractivity contribution in [3.8, 4) is 5.75 Å². The molecule has 6 aromatic rings. The minimum atomic E-state index is -1.04. The number of methoxy groups -OCH3 is 1. The SMILES string of the molecule is CO/N=C(\C(=O)N[C@@H]1C(=O)N2C(C(=O)OCc3ccc(OC)cc3)=C(/C=C/c3cc(C(N)=O)no3)CS[C@H]12)c1csc(NC(c2ccccc2)(c2ccccc2)c2ccccc2)n1. The van der Waals surface area contributed by atoms with Crippen LogP contribution >= 0.6 is 23.1 Å². The molecule has 2 aromatic heterocycles. The van der Waals surface area contributed by atoms with Gasteiger partial charge in [0.2, 0.25) is 0 Å². The summed E-state index contributed by atoms with van der Waals surface area (Å²) in [6.07, 6.45) is 3.08. The van der Waals surface area contributed by atoms with Gasteiger partial charge in [-0.15, -0.1) is 23.1 Å². The second-order valence-electron chi connectivity index (χ2n) is 14.1. The fraction of sp³-hybridized carbons (Fsp3) is 0.152. The lowest BCUT2D eigenvalue weighted by atomic mass is 9.77. The third kappa shape index (κ3) is 8.69. The van der Waals surface area contributed by atoms with Gasteiger partial charge < -0.3 is 35.2 Å². The zero-order valence-corrected chi connectivity index (χ0v) is 35.4. The summed E-state index contributed by atoms with van der Waals surface area (Å²) < 4.78 is 16.1. The van der Waals surface area contributed by atoms with Gasteiger partial charge in [-0.1, -0.05) is 120 Å². The zero-order chi connectivity index (χ0) is 43.9. The van der Waals surface area contributed by atoms with Crippen LogP contribution in [-0.4, -0.2) is 75.8 Å². The molecule has 4 heterocycles. The predicted octanol–water partition coefficient (Wildman–Crippen LogP) is 6.10. The summed E-state index contributed by atoms with van der Waals surface area (Å²) in [4.78, 5) is 64.8. The zero-order valence-electron chi connectivity index (χ0n) is 33.8. The number of amides is 3. The Kier molecular flexibility index (Phi) is 12.5. The van der Waals surface area contributed by atoms with E-state index < -0.39 is 40.6 Å². The molecule has 0 bridgehead atoms. The van der Waals surface area contributed by atoms with Gasteiger partial charge in [0.15, 0.2) is 22.3 Å². The maximum atomic E-state index is 14.1. The molecule has 2 aliphatic rings. The molecule has 17 heteroatoms. The molecule has 0 spiro atoms. The average Bonchev–Trinajstić information content (AvgIpc) is 4.01. The number of thioether (sulfide) groups is 1. The van der Waals surface area contributed by atoms with E-state index in [0.29, 0.717) is 22.0 Å². The molecule has 0 radical (unpaired) electrons. The fourth-order valence-corrected chi connectivity index (χ4v) is 9.32. The Morgan fingerprint density at radius 1 is 0.905 bits per heavy atom. The Hall–Kier alpha value is -7.50. The summed E-state index contributed by atoms with van der Waals surface area (Å²) in [5, 5.41) is 15.7. The van der Waals surface area contributed by atoms with E-state index in [1.54, 1.807) is 42.8 Å². The number of nitrogens with two attached hydrogens (primary N) is 1. The molecular formula is C46H39N7O8S2. The van der Waals surface area contributed by atoms with Crippen molar-refractivity contribution in [2.24, 2.45) is 10.9 Å². The standard InChI is InChI=1S/C46H39N7O8S2/c1-58-33-21-18-28(19-22-33)25-60-44(57)39-29(20-23-34-24-35(40(47)54)51-61-34)26-62-43-38(42(56)53(39)43)49-41(55)37(52-59-2)36-27-63-45(48-36)50-46(30-12-6-3-7-13-30,31-14-8-4-9-15-31)32-16-10-5-11-17-32/h3-24,27,38,43H,25-26H2,1-2H3,(H2,47,54)(H,48,50)(H,49,55)/b23-20+,52-37-/t38-,43-/m1/s1. The van der Waals surface area contributed by atoms with Crippen LogP contribution < -0.4 is 21.1 Å². The van der Waals surface area contributed by atoms with Gasteiger partial charge in [0.05, 0.1) is 7.11 Å². The minimum absolute atomic E-state index is 0.00613. The fourth-order valence-electron chi connectivity index (χ4n) is 7.25. The second kappa shape index (κ2) is 18.6. The Bertz CT molecular complexity index is 2620. The first-order valence-corrected chi connectivity index (χ1v) is 21.4. The third-order valence-electron chi connectivity index (χ3n) is 10.3. The van der Waals surface area contributed by atoms with E-state index >= 15 is 0 Å². The van der Waals surface area contributed by atoms with E-state index in [9.17, 15) is 19.2 Å². The molecular weight excluding hydrogens is 843 g/mol. The number of carbonyl (C=O) groups excluding carboxylic acids is 4. The topological polar surface area (TPSA) is 201 Å². The highest BCUT2D eigenvalue weighted by Gasteiger charge is 2.54. The summed E-state index contributed by atoms with van der Waals surface area (Å²) in [6.45, 7) is -0.0854. The van der Waals surface area contributed by atoms with E-state index in [0.717, 1.165) is 16.7 Å². The second-order valence-corrected chi connectivity index (χ2v) is 16.1. The minimum Gasteiger partial charge on any atom is -0.497 e. The number of rotatable bonds is 16. The smallest absolute Gasteiger partial charge is 0.355 e. The molecule has 63 heavy (non-hydrogen) atoms. The number of thiazole rings is 1. The lowest BCUT2D eigenvalue weighted by molar-refractivity contribution is -0.153. The maximum absolute atomic E-state index is 14.1. The number of hydrogen-bond donors (Lipinski definition) is 3. The number of anilines is 1. The predicted molar refractivity (Wildman–Crippen MR) is 237 cm³/mol. The molecule has 8 rings (SSSR count). The van der Waals surface area contributed by atoms with Crippen LogP contribution in [0.4, 0.5) is 5.13 Å². The number of benzene rings is 4. The van der Waals surface area contributed by atoms with Crippen molar-refractivity contribution < 1.29 is 38.0 Å². The van der Waals surface area contributed by atoms with Gasteiger partial charge >= 0.3 is 5.97 Å². The van der Waals surface area contributed by atoms with E-state index in [1.807, 2.05) is 91.0 Å². The van der Waals surface area contributed by atoms with Crippen molar-refractivity contribution in [2.75, 3.05) is 25.3 Å². The number of ether oxygens (including phenoxy) is 2. The van der Waals surface area contributed by atoms with Crippen molar-refractivity contribution in [1.29, 1.82) is 0 Å². The number of esters is 1.